The van der Waals surface area contributed by atoms with Crippen LogP contribution in [0.3, 0.4) is 0 Å². The molecule has 4 heterocycles. The summed E-state index contributed by atoms with van der Waals surface area (Å²) in [6.45, 7) is 3.51. The molecular formula is C38H43N3O12. The average Bonchev–Trinajstić information content (AvgIpc) is 3.85. The molecule has 1 saturated carbocycles. The molecule has 2 amide bonds. The molecule has 7 rings (SSSR count). The van der Waals surface area contributed by atoms with Crippen LogP contribution in [0.15, 0.2) is 60.7 Å². The van der Waals surface area contributed by atoms with Gasteiger partial charge < -0.3 is 39.0 Å². The maximum Gasteiger partial charge on any atom is 0.348 e. The van der Waals surface area contributed by atoms with Gasteiger partial charge in [-0.15, -0.1) is 0 Å². The van der Waals surface area contributed by atoms with Crippen molar-refractivity contribution in [1.82, 2.24) is 15.3 Å². The first-order chi connectivity index (χ1) is 25.4. The number of ether oxygens (including phenoxy) is 5. The van der Waals surface area contributed by atoms with Gasteiger partial charge in [0.2, 0.25) is 17.9 Å². The highest BCUT2D eigenvalue weighted by Gasteiger charge is 2.75. The van der Waals surface area contributed by atoms with Crippen LogP contribution < -0.4 is 5.32 Å². The molecule has 2 N–H and O–H groups in total. The number of esters is 3. The Morgan fingerprint density at radius 2 is 1.77 bits per heavy atom. The molecule has 15 nitrogen and oxygen atoms in total. The number of hydroxylamine groups is 2. The van der Waals surface area contributed by atoms with Gasteiger partial charge in [0.25, 0.3) is 0 Å². The fourth-order valence-electron chi connectivity index (χ4n) is 7.99. The first-order valence-corrected chi connectivity index (χ1v) is 17.6. The predicted molar refractivity (Wildman–Crippen MR) is 183 cm³/mol. The van der Waals surface area contributed by atoms with E-state index in [9.17, 15) is 29.1 Å². The van der Waals surface area contributed by atoms with Gasteiger partial charge in [-0.25, -0.2) is 9.59 Å². The third-order valence-corrected chi connectivity index (χ3v) is 10.7. The zero-order valence-corrected chi connectivity index (χ0v) is 29.7. The number of hydrogen-bond donors (Lipinski definition) is 2. The third-order valence-electron chi connectivity index (χ3n) is 10.7. The van der Waals surface area contributed by atoms with Gasteiger partial charge in [0, 0.05) is 37.9 Å². The van der Waals surface area contributed by atoms with Crippen molar-refractivity contribution >= 4 is 35.8 Å². The Kier molecular flexibility index (Phi) is 10.1. The minimum atomic E-state index is -1.47. The van der Waals surface area contributed by atoms with Crippen LogP contribution in [0, 0.1) is 10.8 Å². The van der Waals surface area contributed by atoms with Gasteiger partial charge in [0.1, 0.15) is 49.3 Å². The highest BCUT2D eigenvalue weighted by Crippen LogP contribution is 2.56. The molecule has 0 aromatic heterocycles. The zero-order chi connectivity index (χ0) is 37.5. The number of rotatable bonds is 12. The molecule has 8 atom stereocenters. The Morgan fingerprint density at radius 3 is 2.47 bits per heavy atom. The van der Waals surface area contributed by atoms with E-state index in [0.717, 1.165) is 11.1 Å². The molecule has 0 radical (unpaired) electrons. The molecule has 2 aromatic rings. The van der Waals surface area contributed by atoms with Crippen molar-refractivity contribution in [1.29, 1.82) is 0 Å². The summed E-state index contributed by atoms with van der Waals surface area (Å²) in [5.41, 5.74) is 0.128. The number of amides is 2. The molecule has 4 saturated heterocycles. The number of carbonyl (C=O) groups excluding carboxylic acids is 5. The summed E-state index contributed by atoms with van der Waals surface area (Å²) in [5, 5.41) is 13.6. The van der Waals surface area contributed by atoms with Gasteiger partial charge in [0.15, 0.2) is 6.04 Å². The molecule has 0 unspecified atom stereocenters. The van der Waals surface area contributed by atoms with Crippen LogP contribution in [0.1, 0.15) is 37.0 Å². The molecule has 0 spiro atoms. The number of nitrogens with one attached hydrogen (secondary N) is 1. The van der Waals surface area contributed by atoms with Gasteiger partial charge >= 0.3 is 17.9 Å². The van der Waals surface area contributed by atoms with Gasteiger partial charge in [0.05, 0.1) is 13.2 Å². The van der Waals surface area contributed by atoms with E-state index in [1.807, 2.05) is 30.3 Å². The van der Waals surface area contributed by atoms with Crippen LogP contribution in [-0.2, 0) is 65.5 Å². The minimum Gasteiger partial charge on any atom is -0.462 e. The normalized spacial score (nSPS) is 30.3. The summed E-state index contributed by atoms with van der Waals surface area (Å²) in [6.07, 6.45) is -0.932. The van der Waals surface area contributed by atoms with E-state index < -0.39 is 83.2 Å². The number of nitrogens with zero attached hydrogens (tertiary/aromatic N) is 2. The highest BCUT2D eigenvalue weighted by atomic mass is 16.8. The van der Waals surface area contributed by atoms with E-state index >= 15 is 0 Å². The van der Waals surface area contributed by atoms with Gasteiger partial charge in [-0.1, -0.05) is 68.4 Å². The SMILES string of the molecule is CN(C(=O)[C@@]12C[C@H]3OC(=O)[C@@H]1N(Cc1ccc(C=CC(=O)O[C@H]4C(=O)OCC4(C)C)cc1)O[C@@H]2[C@H]1OCO[C@H]13)[C@H](Cc1ccccc1)C(=O)NCCO. The van der Waals surface area contributed by atoms with Crippen LogP contribution in [0.4, 0.5) is 0 Å². The second-order valence-corrected chi connectivity index (χ2v) is 14.7. The van der Waals surface area contributed by atoms with Crippen molar-refractivity contribution in [2.45, 2.75) is 75.8 Å². The maximum absolute atomic E-state index is 15.0. The molecule has 2 bridgehead atoms. The minimum absolute atomic E-state index is 0.0106. The summed E-state index contributed by atoms with van der Waals surface area (Å²) in [4.78, 5) is 74.8. The highest BCUT2D eigenvalue weighted by molar-refractivity contribution is 5.96. The summed E-state index contributed by atoms with van der Waals surface area (Å²) in [6, 6.07) is 14.3. The molecular weight excluding hydrogens is 690 g/mol. The van der Waals surface area contributed by atoms with Crippen molar-refractivity contribution in [3.8, 4) is 0 Å². The monoisotopic (exact) mass is 733 g/mol. The fourth-order valence-corrected chi connectivity index (χ4v) is 7.99. The van der Waals surface area contributed by atoms with E-state index in [0.29, 0.717) is 5.56 Å². The number of benzene rings is 2. The Hall–Kier alpha value is -4.67. The second kappa shape index (κ2) is 14.6. The quantitative estimate of drug-likeness (QED) is 0.179. The van der Waals surface area contributed by atoms with Crippen LogP contribution in [0.25, 0.3) is 6.08 Å². The molecule has 15 heteroatoms. The Morgan fingerprint density at radius 1 is 1.04 bits per heavy atom. The molecule has 282 valence electrons. The maximum atomic E-state index is 15.0. The standard InChI is InChI=1S/C38H43N3O12/c1-37(2)20-48-35(46)32(37)52-27(43)14-13-22-9-11-24(12-10-22)19-41-30-34(45)51-26-18-38(30,31(53-41)29-28(26)49-21-50-29)36(47)40(3)25(33(44)39-15-16-42)17-23-7-5-4-6-8-23/h4-14,25-26,28-32,42H,15-21H2,1-3H3,(H,39,44)/t25-,26-,28+,29+,30+,31-,32+,38+/m1/s1. The lowest BCUT2D eigenvalue weighted by molar-refractivity contribution is -0.204. The van der Waals surface area contributed by atoms with Crippen molar-refractivity contribution in [3.05, 3.63) is 77.4 Å². The fraction of sp³-hybridized carbons (Fsp3) is 0.500. The third kappa shape index (κ3) is 6.83. The number of fused-ring (bicyclic) bond motifs is 4. The number of aliphatic hydroxyl groups excluding tert-OH is 1. The van der Waals surface area contributed by atoms with E-state index in [1.165, 1.54) is 16.0 Å². The Balaban J connectivity index is 1.12. The Labute approximate surface area is 306 Å². The predicted octanol–water partition coefficient (Wildman–Crippen LogP) is 0.914. The van der Waals surface area contributed by atoms with Gasteiger partial charge in [-0.05, 0) is 22.8 Å². The van der Waals surface area contributed by atoms with Gasteiger partial charge in [-0.3, -0.25) is 19.2 Å². The van der Waals surface area contributed by atoms with Gasteiger partial charge in [-0.2, -0.15) is 5.06 Å². The van der Waals surface area contributed by atoms with Crippen LogP contribution in [-0.4, -0.2) is 121 Å². The van der Waals surface area contributed by atoms with E-state index in [-0.39, 0.29) is 45.9 Å². The van der Waals surface area contributed by atoms with Crippen molar-refractivity contribution < 1.29 is 57.6 Å². The first-order valence-electron chi connectivity index (χ1n) is 17.6. The smallest absolute Gasteiger partial charge is 0.348 e. The summed E-state index contributed by atoms with van der Waals surface area (Å²) >= 11 is 0. The van der Waals surface area contributed by atoms with E-state index in [2.05, 4.69) is 5.32 Å². The lowest BCUT2D eigenvalue weighted by atomic mass is 9.62. The van der Waals surface area contributed by atoms with Crippen molar-refractivity contribution in [2.24, 2.45) is 10.8 Å². The summed E-state index contributed by atoms with van der Waals surface area (Å²) < 4.78 is 28.1. The molecule has 1 aliphatic carbocycles. The molecule has 5 fully saturated rings. The number of cyclic esters (lactones) is 1. The molecule has 5 aliphatic rings. The Bertz CT molecular complexity index is 1770. The zero-order valence-electron chi connectivity index (χ0n) is 29.7. The lowest BCUT2D eigenvalue weighted by Crippen LogP contribution is -2.70. The van der Waals surface area contributed by atoms with E-state index in [1.54, 1.807) is 51.2 Å². The topological polar surface area (TPSA) is 179 Å². The van der Waals surface area contributed by atoms with E-state index in [4.69, 9.17) is 28.5 Å². The molecule has 2 aromatic carbocycles. The van der Waals surface area contributed by atoms with Crippen LogP contribution in [0.5, 0.6) is 0 Å². The summed E-state index contributed by atoms with van der Waals surface area (Å²) in [5.74, 6) is -2.81. The first kappa shape index (κ1) is 36.7. The number of carbonyl (C=O) groups is 5. The second-order valence-electron chi connectivity index (χ2n) is 14.7. The number of aliphatic hydroxyl groups is 1. The lowest BCUT2D eigenvalue weighted by Gasteiger charge is -2.50. The summed E-state index contributed by atoms with van der Waals surface area (Å²) in [7, 11) is 1.54. The largest absolute Gasteiger partial charge is 0.462 e. The van der Waals surface area contributed by atoms with Crippen molar-refractivity contribution in [2.75, 3.05) is 33.6 Å². The molecule has 4 aliphatic heterocycles. The number of likely N-dealkylation sites (N-methyl/N-ethyl adjacent to an activating group) is 1. The number of hydrogen-bond acceptors (Lipinski definition) is 13. The average molecular weight is 734 g/mol. The van der Waals surface area contributed by atoms with Crippen LogP contribution >= 0.6 is 0 Å². The molecule has 53 heavy (non-hydrogen) atoms. The van der Waals surface area contributed by atoms with Crippen molar-refractivity contribution in [3.63, 3.8) is 0 Å². The van der Waals surface area contributed by atoms with Crippen LogP contribution in [0.2, 0.25) is 0 Å².